The van der Waals surface area contributed by atoms with Crippen molar-refractivity contribution in [1.29, 1.82) is 0 Å². The van der Waals surface area contributed by atoms with Gasteiger partial charge in [0, 0.05) is 47.9 Å². The van der Waals surface area contributed by atoms with Gasteiger partial charge < -0.3 is 14.4 Å². The molecule has 4 rings (SSSR count). The molecule has 3 aromatic rings. The Hall–Kier alpha value is -3.03. The van der Waals surface area contributed by atoms with Crippen LogP contribution in [0.3, 0.4) is 0 Å². The highest BCUT2D eigenvalue weighted by Crippen LogP contribution is 2.16. The predicted octanol–water partition coefficient (Wildman–Crippen LogP) is 4.04. The number of carbonyl (C=O) groups is 2. The molecule has 2 amide bonds. The summed E-state index contributed by atoms with van der Waals surface area (Å²) in [7, 11) is 0. The summed E-state index contributed by atoms with van der Waals surface area (Å²) >= 11 is 1.52. The summed E-state index contributed by atoms with van der Waals surface area (Å²) in [5.74, 6) is -0.158. The smallest absolute Gasteiger partial charge is 0.279 e. The maximum absolute atomic E-state index is 13.1. The van der Waals surface area contributed by atoms with Crippen LogP contribution in [0.15, 0.2) is 53.5 Å². The zero-order chi connectivity index (χ0) is 24.2. The molecule has 1 aromatic heterocycles. The van der Waals surface area contributed by atoms with Crippen LogP contribution in [0.4, 0.5) is 0 Å². The molecular formula is C27H32N4O2S. The maximum atomic E-state index is 13.1. The van der Waals surface area contributed by atoms with Gasteiger partial charge in [0.1, 0.15) is 0 Å². The Balaban J connectivity index is 1.58. The van der Waals surface area contributed by atoms with Crippen molar-refractivity contribution in [2.24, 2.45) is 4.99 Å². The van der Waals surface area contributed by atoms with Crippen molar-refractivity contribution in [2.75, 3.05) is 32.7 Å². The quantitative estimate of drug-likeness (QED) is 0.558. The second-order valence-corrected chi connectivity index (χ2v) is 10.0. The number of carbonyl (C=O) groups excluding carboxylic acids is 2. The van der Waals surface area contributed by atoms with Gasteiger partial charge in [-0.25, -0.2) is 0 Å². The summed E-state index contributed by atoms with van der Waals surface area (Å²) in [6.07, 6.45) is 0. The minimum absolute atomic E-state index is 0.0837. The van der Waals surface area contributed by atoms with Gasteiger partial charge in [-0.15, -0.1) is 11.3 Å². The van der Waals surface area contributed by atoms with E-state index < -0.39 is 0 Å². The fourth-order valence-corrected chi connectivity index (χ4v) is 5.21. The second kappa shape index (κ2) is 10.5. The van der Waals surface area contributed by atoms with E-state index in [1.54, 1.807) is 6.07 Å². The highest BCUT2D eigenvalue weighted by molar-refractivity contribution is 7.09. The Morgan fingerprint density at radius 3 is 2.35 bits per heavy atom. The molecule has 0 saturated carbocycles. The third-order valence-electron chi connectivity index (χ3n) is 6.47. The first-order chi connectivity index (χ1) is 16.4. The summed E-state index contributed by atoms with van der Waals surface area (Å²) in [5.41, 5.74) is 4.43. The summed E-state index contributed by atoms with van der Waals surface area (Å²) in [6.45, 7) is 13.2. The van der Waals surface area contributed by atoms with Crippen molar-refractivity contribution in [3.8, 4) is 0 Å². The van der Waals surface area contributed by atoms with Gasteiger partial charge >= 0.3 is 0 Å². The van der Waals surface area contributed by atoms with Crippen LogP contribution in [0.25, 0.3) is 0 Å². The molecule has 6 nitrogen and oxygen atoms in total. The molecule has 0 unspecified atom stereocenters. The molecule has 0 N–H and O–H groups in total. The number of hydrogen-bond acceptors (Lipinski definition) is 4. The first-order valence-corrected chi connectivity index (χ1v) is 12.6. The first kappa shape index (κ1) is 24.1. The normalized spacial score (nSPS) is 15.1. The van der Waals surface area contributed by atoms with E-state index in [0.29, 0.717) is 22.5 Å². The number of amides is 2. The number of hydrogen-bond donors (Lipinski definition) is 0. The molecule has 1 saturated heterocycles. The lowest BCUT2D eigenvalue weighted by Crippen LogP contribution is -2.48. The molecule has 0 spiro atoms. The molecule has 1 aliphatic rings. The summed E-state index contributed by atoms with van der Waals surface area (Å²) in [6, 6.07) is 15.3. The molecule has 0 radical (unpaired) electrons. The van der Waals surface area contributed by atoms with Crippen LogP contribution in [0.5, 0.6) is 0 Å². The Kier molecular flexibility index (Phi) is 7.44. The van der Waals surface area contributed by atoms with Gasteiger partial charge in [0.15, 0.2) is 4.80 Å². The molecular weight excluding hydrogens is 444 g/mol. The van der Waals surface area contributed by atoms with E-state index in [-0.39, 0.29) is 11.8 Å². The van der Waals surface area contributed by atoms with Crippen molar-refractivity contribution in [3.63, 3.8) is 0 Å². The minimum Gasteiger partial charge on any atom is -0.336 e. The van der Waals surface area contributed by atoms with Gasteiger partial charge in [-0.2, -0.15) is 4.99 Å². The van der Waals surface area contributed by atoms with Crippen LogP contribution in [-0.2, 0) is 6.54 Å². The largest absolute Gasteiger partial charge is 0.336 e. The average molecular weight is 477 g/mol. The van der Waals surface area contributed by atoms with Crippen LogP contribution in [0.1, 0.15) is 49.3 Å². The number of benzene rings is 2. The van der Waals surface area contributed by atoms with E-state index in [1.165, 1.54) is 11.3 Å². The Morgan fingerprint density at radius 1 is 0.941 bits per heavy atom. The molecule has 0 bridgehead atoms. The zero-order valence-corrected chi connectivity index (χ0v) is 21.2. The van der Waals surface area contributed by atoms with E-state index >= 15 is 0 Å². The molecule has 2 heterocycles. The minimum atomic E-state index is -0.242. The first-order valence-electron chi connectivity index (χ1n) is 11.8. The van der Waals surface area contributed by atoms with Crippen LogP contribution >= 0.6 is 11.3 Å². The number of piperazine rings is 1. The van der Waals surface area contributed by atoms with Crippen molar-refractivity contribution in [2.45, 2.75) is 34.2 Å². The highest BCUT2D eigenvalue weighted by Gasteiger charge is 2.21. The number of aromatic nitrogens is 1. The third-order valence-corrected chi connectivity index (χ3v) is 7.57. The maximum Gasteiger partial charge on any atom is 0.279 e. The fourth-order valence-electron chi connectivity index (χ4n) is 4.23. The SMILES string of the molecule is CCN1CCN(C(=O)c2cccc(Cn3c(C)c(C)sc3=NC(=O)c3cccc(C)c3)c2)CC1. The summed E-state index contributed by atoms with van der Waals surface area (Å²) in [5, 5.41) is 0. The number of nitrogens with zero attached hydrogens (tertiary/aromatic N) is 4. The summed E-state index contributed by atoms with van der Waals surface area (Å²) in [4.78, 5) is 36.5. The van der Waals surface area contributed by atoms with E-state index in [4.69, 9.17) is 0 Å². The standard InChI is InChI=1S/C27H32N4O2S/c1-5-29-12-14-30(15-13-29)26(33)24-11-7-9-22(17-24)18-31-20(3)21(4)34-27(31)28-25(32)23-10-6-8-19(2)16-23/h6-11,16-17H,5,12-15,18H2,1-4H3. The lowest BCUT2D eigenvalue weighted by molar-refractivity contribution is 0.0643. The van der Waals surface area contributed by atoms with Gasteiger partial charge in [0.25, 0.3) is 11.8 Å². The Labute approximate surface area is 205 Å². The van der Waals surface area contributed by atoms with Gasteiger partial charge in [-0.1, -0.05) is 36.8 Å². The molecule has 0 atom stereocenters. The average Bonchev–Trinajstić information content (AvgIpc) is 3.11. The Bertz CT molecular complexity index is 1270. The Morgan fingerprint density at radius 2 is 1.65 bits per heavy atom. The van der Waals surface area contributed by atoms with Crippen LogP contribution in [-0.4, -0.2) is 58.9 Å². The van der Waals surface area contributed by atoms with Gasteiger partial charge in [-0.3, -0.25) is 9.59 Å². The monoisotopic (exact) mass is 476 g/mol. The zero-order valence-electron chi connectivity index (χ0n) is 20.4. The van der Waals surface area contributed by atoms with Crippen molar-refractivity contribution in [1.82, 2.24) is 14.4 Å². The molecule has 7 heteroatoms. The second-order valence-electron chi connectivity index (χ2n) is 8.83. The molecule has 34 heavy (non-hydrogen) atoms. The van der Waals surface area contributed by atoms with Gasteiger partial charge in [-0.05, 0) is 57.1 Å². The highest BCUT2D eigenvalue weighted by atomic mass is 32.1. The van der Waals surface area contributed by atoms with Crippen LogP contribution in [0.2, 0.25) is 0 Å². The van der Waals surface area contributed by atoms with E-state index in [0.717, 1.165) is 54.4 Å². The van der Waals surface area contributed by atoms with Crippen molar-refractivity contribution < 1.29 is 9.59 Å². The lowest BCUT2D eigenvalue weighted by Gasteiger charge is -2.34. The molecule has 1 fully saturated rings. The molecule has 178 valence electrons. The number of aryl methyl sites for hydroxylation is 2. The molecule has 0 aliphatic carbocycles. The predicted molar refractivity (Wildman–Crippen MR) is 136 cm³/mol. The van der Waals surface area contributed by atoms with Crippen LogP contribution in [0, 0.1) is 20.8 Å². The number of likely N-dealkylation sites (N-methyl/N-ethyl adjacent to an activating group) is 1. The van der Waals surface area contributed by atoms with E-state index in [9.17, 15) is 9.59 Å². The fraction of sp³-hybridized carbons (Fsp3) is 0.370. The topological polar surface area (TPSA) is 57.9 Å². The molecule has 1 aliphatic heterocycles. The van der Waals surface area contributed by atoms with Gasteiger partial charge in [0.2, 0.25) is 0 Å². The van der Waals surface area contributed by atoms with Gasteiger partial charge in [0.05, 0.1) is 6.54 Å². The lowest BCUT2D eigenvalue weighted by atomic mass is 10.1. The molecule has 2 aromatic carbocycles. The van der Waals surface area contributed by atoms with Crippen molar-refractivity contribution in [3.05, 3.63) is 86.2 Å². The number of rotatable bonds is 5. The van der Waals surface area contributed by atoms with Crippen molar-refractivity contribution >= 4 is 23.2 Å². The third kappa shape index (κ3) is 5.37. The summed E-state index contributed by atoms with van der Waals surface area (Å²) < 4.78 is 2.07. The van der Waals surface area contributed by atoms with E-state index in [1.807, 2.05) is 68.1 Å². The number of thiazole rings is 1. The van der Waals surface area contributed by atoms with Crippen LogP contribution < -0.4 is 4.80 Å². The van der Waals surface area contributed by atoms with E-state index in [2.05, 4.69) is 21.4 Å².